The number of amides is 1. The fourth-order valence-corrected chi connectivity index (χ4v) is 2.10. The normalized spacial score (nSPS) is 11.5. The van der Waals surface area contributed by atoms with Crippen molar-refractivity contribution in [3.8, 4) is 5.75 Å². The summed E-state index contributed by atoms with van der Waals surface area (Å²) >= 11 is 0. The Bertz CT molecular complexity index is 544. The molecule has 0 fully saturated rings. The van der Waals surface area contributed by atoms with Crippen molar-refractivity contribution in [2.75, 3.05) is 24.5 Å². The Morgan fingerprint density at radius 2 is 1.96 bits per heavy atom. The zero-order chi connectivity index (χ0) is 17.5. The number of carbonyl (C=O) groups excluding carboxylic acids is 1. The van der Waals surface area contributed by atoms with Gasteiger partial charge in [0.05, 0.1) is 0 Å². The van der Waals surface area contributed by atoms with E-state index in [1.807, 2.05) is 32.9 Å². The van der Waals surface area contributed by atoms with Crippen LogP contribution in [-0.4, -0.2) is 36.4 Å². The van der Waals surface area contributed by atoms with E-state index < -0.39 is 11.7 Å². The Morgan fingerprint density at radius 3 is 2.48 bits per heavy atom. The van der Waals surface area contributed by atoms with E-state index >= 15 is 0 Å². The van der Waals surface area contributed by atoms with Crippen molar-refractivity contribution in [2.45, 2.75) is 40.2 Å². The summed E-state index contributed by atoms with van der Waals surface area (Å²) in [4.78, 5) is 13.7. The highest BCUT2D eigenvalue weighted by molar-refractivity contribution is 5.68. The molecule has 0 aliphatic rings. The molecule has 5 nitrogen and oxygen atoms in total. The van der Waals surface area contributed by atoms with Gasteiger partial charge < -0.3 is 20.1 Å². The smallest absolute Gasteiger partial charge is 0.407 e. The van der Waals surface area contributed by atoms with Gasteiger partial charge in [0, 0.05) is 37.0 Å². The van der Waals surface area contributed by atoms with E-state index in [1.165, 1.54) is 0 Å². The topological polar surface area (TPSA) is 61.8 Å². The Labute approximate surface area is 139 Å². The zero-order valence-corrected chi connectivity index (χ0v) is 14.7. The number of phenolic OH excluding ortho intramolecular Hbond substituents is 1. The second kappa shape index (κ2) is 8.46. The third-order valence-electron chi connectivity index (χ3n) is 3.20. The Kier molecular flexibility index (Phi) is 6.94. The van der Waals surface area contributed by atoms with Crippen molar-refractivity contribution in [3.63, 3.8) is 0 Å². The molecule has 0 aromatic heterocycles. The van der Waals surface area contributed by atoms with Crippen LogP contribution < -0.4 is 10.2 Å². The molecule has 5 heteroatoms. The van der Waals surface area contributed by atoms with Crippen molar-refractivity contribution in [3.05, 3.63) is 29.8 Å². The fraction of sp³-hybridized carbons (Fsp3) is 0.500. The molecule has 0 aliphatic heterocycles. The minimum atomic E-state index is -0.508. The van der Waals surface area contributed by atoms with E-state index in [0.717, 1.165) is 18.8 Å². The van der Waals surface area contributed by atoms with Gasteiger partial charge in [0.2, 0.25) is 0 Å². The van der Waals surface area contributed by atoms with E-state index in [9.17, 15) is 9.90 Å². The third-order valence-corrected chi connectivity index (χ3v) is 3.20. The number of ether oxygens (including phenoxy) is 1. The maximum Gasteiger partial charge on any atom is 0.407 e. The van der Waals surface area contributed by atoms with Crippen LogP contribution in [0.25, 0.3) is 6.08 Å². The summed E-state index contributed by atoms with van der Waals surface area (Å²) in [5.74, 6) is 0.225. The van der Waals surface area contributed by atoms with Gasteiger partial charge in [-0.15, -0.1) is 0 Å². The first-order chi connectivity index (χ1) is 10.8. The minimum absolute atomic E-state index is 0.225. The second-order valence-corrected chi connectivity index (χ2v) is 6.20. The van der Waals surface area contributed by atoms with Crippen LogP contribution >= 0.6 is 0 Å². The monoisotopic (exact) mass is 320 g/mol. The lowest BCUT2D eigenvalue weighted by Crippen LogP contribution is -2.32. The lowest BCUT2D eigenvalue weighted by molar-refractivity contribution is 0.0534. The number of phenols is 1. The molecular weight excluding hydrogens is 292 g/mol. The van der Waals surface area contributed by atoms with Crippen LogP contribution in [0.4, 0.5) is 10.5 Å². The highest BCUT2D eigenvalue weighted by Gasteiger charge is 2.15. The Hall–Kier alpha value is -2.17. The number of hydrogen-bond donors (Lipinski definition) is 2. The summed E-state index contributed by atoms with van der Waals surface area (Å²) in [5.41, 5.74) is 1.20. The molecule has 0 bridgehead atoms. The molecule has 1 amide bonds. The van der Waals surface area contributed by atoms with Crippen molar-refractivity contribution in [1.29, 1.82) is 0 Å². The molecule has 0 unspecified atom stereocenters. The Morgan fingerprint density at radius 1 is 1.30 bits per heavy atom. The molecule has 23 heavy (non-hydrogen) atoms. The summed E-state index contributed by atoms with van der Waals surface area (Å²) < 4.78 is 5.14. The van der Waals surface area contributed by atoms with Crippen LogP contribution in [0.15, 0.2) is 24.3 Å². The average Bonchev–Trinajstić information content (AvgIpc) is 2.44. The molecule has 0 radical (unpaired) electrons. The van der Waals surface area contributed by atoms with Crippen LogP contribution in [0, 0.1) is 0 Å². The standard InChI is InChI=1S/C18H28N2O3/c1-6-20(7-2)15-11-10-14(16(21)13-15)9-8-12-19-17(22)23-18(3,4)5/h8-11,13,21H,6-7,12H2,1-5H3,(H,19,22). The summed E-state index contributed by atoms with van der Waals surface area (Å²) in [5, 5.41) is 12.7. The molecule has 0 atom stereocenters. The van der Waals surface area contributed by atoms with Crippen LogP contribution in [0.2, 0.25) is 0 Å². The van der Waals surface area contributed by atoms with E-state index in [-0.39, 0.29) is 5.75 Å². The van der Waals surface area contributed by atoms with Crippen LogP contribution in [0.3, 0.4) is 0 Å². The lowest BCUT2D eigenvalue weighted by Gasteiger charge is -2.21. The maximum atomic E-state index is 11.5. The van der Waals surface area contributed by atoms with Gasteiger partial charge in [-0.25, -0.2) is 4.79 Å². The van der Waals surface area contributed by atoms with Crippen LogP contribution in [0.5, 0.6) is 5.75 Å². The Balaban J connectivity index is 2.59. The molecule has 0 saturated heterocycles. The van der Waals surface area contributed by atoms with Crippen LogP contribution in [0.1, 0.15) is 40.2 Å². The maximum absolute atomic E-state index is 11.5. The van der Waals surface area contributed by atoms with Gasteiger partial charge >= 0.3 is 6.09 Å². The molecule has 0 saturated carbocycles. The zero-order valence-electron chi connectivity index (χ0n) is 14.7. The average molecular weight is 320 g/mol. The van der Waals surface area contributed by atoms with Gasteiger partial charge in [0.15, 0.2) is 0 Å². The minimum Gasteiger partial charge on any atom is -0.507 e. The molecule has 0 heterocycles. The van der Waals surface area contributed by atoms with Crippen LogP contribution in [-0.2, 0) is 4.74 Å². The second-order valence-electron chi connectivity index (χ2n) is 6.20. The number of rotatable bonds is 6. The lowest BCUT2D eigenvalue weighted by atomic mass is 10.1. The largest absolute Gasteiger partial charge is 0.507 e. The first-order valence-electron chi connectivity index (χ1n) is 7.98. The SMILES string of the molecule is CCN(CC)c1ccc(C=CCNC(=O)OC(C)(C)C)c(O)c1. The number of nitrogens with one attached hydrogen (secondary N) is 1. The molecule has 1 aromatic carbocycles. The number of aromatic hydroxyl groups is 1. The number of hydrogen-bond acceptors (Lipinski definition) is 4. The number of carbonyl (C=O) groups is 1. The highest BCUT2D eigenvalue weighted by atomic mass is 16.6. The summed E-state index contributed by atoms with van der Waals surface area (Å²) in [6.45, 7) is 11.7. The van der Waals surface area contributed by atoms with Gasteiger partial charge in [-0.1, -0.05) is 12.2 Å². The van der Waals surface area contributed by atoms with Gasteiger partial charge in [0.25, 0.3) is 0 Å². The number of benzene rings is 1. The summed E-state index contributed by atoms with van der Waals surface area (Å²) in [6, 6.07) is 5.61. The first-order valence-corrected chi connectivity index (χ1v) is 7.98. The highest BCUT2D eigenvalue weighted by Crippen LogP contribution is 2.25. The first kappa shape index (κ1) is 18.9. The van der Waals surface area contributed by atoms with Crippen molar-refractivity contribution in [2.24, 2.45) is 0 Å². The van der Waals surface area contributed by atoms with E-state index in [1.54, 1.807) is 18.2 Å². The predicted octanol–water partition coefficient (Wildman–Crippen LogP) is 3.78. The molecule has 2 N–H and O–H groups in total. The molecule has 1 aromatic rings. The van der Waals surface area contributed by atoms with E-state index in [4.69, 9.17) is 4.74 Å². The quantitative estimate of drug-likeness (QED) is 0.837. The van der Waals surface area contributed by atoms with Gasteiger partial charge in [-0.2, -0.15) is 0 Å². The predicted molar refractivity (Wildman–Crippen MR) is 94.9 cm³/mol. The summed E-state index contributed by atoms with van der Waals surface area (Å²) in [7, 11) is 0. The van der Waals surface area contributed by atoms with E-state index in [0.29, 0.717) is 12.1 Å². The number of alkyl carbamates (subject to hydrolysis) is 1. The molecule has 128 valence electrons. The van der Waals surface area contributed by atoms with Crippen molar-refractivity contribution in [1.82, 2.24) is 5.32 Å². The van der Waals surface area contributed by atoms with Gasteiger partial charge in [-0.3, -0.25) is 0 Å². The van der Waals surface area contributed by atoms with E-state index in [2.05, 4.69) is 24.1 Å². The molecule has 1 rings (SSSR count). The van der Waals surface area contributed by atoms with Gasteiger partial charge in [0.1, 0.15) is 11.4 Å². The fourth-order valence-electron chi connectivity index (χ4n) is 2.10. The number of anilines is 1. The number of nitrogens with zero attached hydrogens (tertiary/aromatic N) is 1. The van der Waals surface area contributed by atoms with Crippen molar-refractivity contribution >= 4 is 17.9 Å². The molecule has 0 aliphatic carbocycles. The van der Waals surface area contributed by atoms with Crippen molar-refractivity contribution < 1.29 is 14.6 Å². The summed E-state index contributed by atoms with van der Waals surface area (Å²) in [6.07, 6.45) is 3.10. The molecule has 0 spiro atoms. The third kappa shape index (κ3) is 6.63. The molecular formula is C18H28N2O3. The van der Waals surface area contributed by atoms with Gasteiger partial charge in [-0.05, 0) is 46.8 Å².